The zero-order valence-corrected chi connectivity index (χ0v) is 17.4. The van der Waals surface area contributed by atoms with Crippen LogP contribution in [0, 0.1) is 6.92 Å². The Balaban J connectivity index is 2.26. The number of amides is 1. The van der Waals surface area contributed by atoms with Gasteiger partial charge in [-0.25, -0.2) is 8.42 Å². The van der Waals surface area contributed by atoms with E-state index in [4.69, 9.17) is 11.6 Å². The Kier molecular flexibility index (Phi) is 6.93. The molecule has 1 aliphatic heterocycles. The van der Waals surface area contributed by atoms with Gasteiger partial charge in [-0.2, -0.15) is 0 Å². The smallest absolute Gasteiger partial charge is 0.244 e. The molecule has 1 amide bonds. The number of hydrogen-bond acceptors (Lipinski definition) is 4. The van der Waals surface area contributed by atoms with Crippen molar-refractivity contribution < 1.29 is 13.2 Å². The molecule has 6 nitrogen and oxygen atoms in total. The van der Waals surface area contributed by atoms with Gasteiger partial charge in [-0.15, -0.1) is 0 Å². The Labute approximate surface area is 161 Å². The zero-order valence-electron chi connectivity index (χ0n) is 15.8. The van der Waals surface area contributed by atoms with Crippen molar-refractivity contribution in [3.8, 4) is 0 Å². The summed E-state index contributed by atoms with van der Waals surface area (Å²) in [4.78, 5) is 15.1. The molecule has 8 heteroatoms. The maximum Gasteiger partial charge on any atom is 0.244 e. The average molecular weight is 402 g/mol. The average Bonchev–Trinajstić information content (AvgIpc) is 2.56. The highest BCUT2D eigenvalue weighted by atomic mass is 35.5. The van der Waals surface area contributed by atoms with Gasteiger partial charge in [0.25, 0.3) is 0 Å². The summed E-state index contributed by atoms with van der Waals surface area (Å²) in [6.45, 7) is 5.50. The van der Waals surface area contributed by atoms with E-state index >= 15 is 0 Å². The Morgan fingerprint density at radius 1 is 1.38 bits per heavy atom. The van der Waals surface area contributed by atoms with Crippen molar-refractivity contribution in [2.75, 3.05) is 30.7 Å². The van der Waals surface area contributed by atoms with Crippen molar-refractivity contribution in [3.63, 3.8) is 0 Å². The van der Waals surface area contributed by atoms with Crippen molar-refractivity contribution in [2.45, 2.75) is 45.2 Å². The normalized spacial score (nSPS) is 17.7. The van der Waals surface area contributed by atoms with Crippen LogP contribution in [0.1, 0.15) is 31.7 Å². The lowest BCUT2D eigenvalue weighted by molar-refractivity contribution is -0.123. The minimum atomic E-state index is -3.65. The first-order valence-electron chi connectivity index (χ1n) is 8.88. The lowest BCUT2D eigenvalue weighted by Crippen LogP contribution is -2.53. The summed E-state index contributed by atoms with van der Waals surface area (Å²) in [7, 11) is -1.59. The fourth-order valence-corrected chi connectivity index (χ4v) is 4.61. The maximum absolute atomic E-state index is 12.9. The zero-order chi connectivity index (χ0) is 19.5. The highest BCUT2D eigenvalue weighted by molar-refractivity contribution is 7.92. The Bertz CT molecular complexity index is 746. The van der Waals surface area contributed by atoms with Gasteiger partial charge in [0, 0.05) is 11.1 Å². The van der Waals surface area contributed by atoms with E-state index in [2.05, 4.69) is 17.3 Å². The van der Waals surface area contributed by atoms with E-state index in [0.717, 1.165) is 37.8 Å². The summed E-state index contributed by atoms with van der Waals surface area (Å²) >= 11 is 6.18. The second-order valence-corrected chi connectivity index (χ2v) is 9.27. The second kappa shape index (κ2) is 8.59. The fourth-order valence-electron chi connectivity index (χ4n) is 3.23. The summed E-state index contributed by atoms with van der Waals surface area (Å²) in [5.74, 6) is -0.260. The standard InChI is InChI=1S/C18H28ClN3O3S/c1-5-17(18(23)20-14-8-10-21(3)11-9-14)22(26(4,24)25)15-7-6-13(2)16(19)12-15/h6-7,12,14,17H,5,8-11H2,1-4H3,(H,20,23)/t17-/m0/s1. The van der Waals surface area contributed by atoms with Crippen LogP contribution in [-0.4, -0.2) is 57.7 Å². The molecule has 0 aliphatic carbocycles. The van der Waals surface area contributed by atoms with Crippen LogP contribution >= 0.6 is 11.6 Å². The number of anilines is 1. The number of likely N-dealkylation sites (tertiary alicyclic amines) is 1. The van der Waals surface area contributed by atoms with Crippen molar-refractivity contribution in [1.82, 2.24) is 10.2 Å². The Hall–Kier alpha value is -1.31. The van der Waals surface area contributed by atoms with Crippen LogP contribution in [0.2, 0.25) is 5.02 Å². The number of benzene rings is 1. The lowest BCUT2D eigenvalue weighted by Gasteiger charge is -2.34. The van der Waals surface area contributed by atoms with Crippen molar-refractivity contribution in [1.29, 1.82) is 0 Å². The first-order valence-corrected chi connectivity index (χ1v) is 11.1. The first-order chi connectivity index (χ1) is 12.1. The molecule has 1 aromatic carbocycles. The van der Waals surface area contributed by atoms with Gasteiger partial charge in [0.2, 0.25) is 15.9 Å². The first kappa shape index (κ1) is 21.0. The molecule has 0 saturated carbocycles. The van der Waals surface area contributed by atoms with Gasteiger partial charge >= 0.3 is 0 Å². The quantitative estimate of drug-likeness (QED) is 0.794. The number of sulfonamides is 1. The summed E-state index contributed by atoms with van der Waals surface area (Å²) < 4.78 is 26.1. The third-order valence-electron chi connectivity index (χ3n) is 4.80. The van der Waals surface area contributed by atoms with Gasteiger partial charge in [-0.3, -0.25) is 9.10 Å². The molecule has 2 rings (SSSR count). The molecular weight excluding hydrogens is 374 g/mol. The minimum absolute atomic E-state index is 0.0794. The molecule has 0 bridgehead atoms. The summed E-state index contributed by atoms with van der Waals surface area (Å²) in [6, 6.07) is 4.33. The summed E-state index contributed by atoms with van der Waals surface area (Å²) in [5, 5.41) is 3.51. The molecule has 0 radical (unpaired) electrons. The molecular formula is C18H28ClN3O3S. The summed E-state index contributed by atoms with van der Waals surface area (Å²) in [5.41, 5.74) is 1.26. The van der Waals surface area contributed by atoms with E-state index in [1.165, 1.54) is 4.31 Å². The molecule has 0 unspecified atom stereocenters. The van der Waals surface area contributed by atoms with E-state index in [9.17, 15) is 13.2 Å². The van der Waals surface area contributed by atoms with E-state index in [-0.39, 0.29) is 11.9 Å². The Morgan fingerprint density at radius 3 is 2.50 bits per heavy atom. The number of halogens is 1. The van der Waals surface area contributed by atoms with Gasteiger partial charge < -0.3 is 10.2 Å². The predicted molar refractivity (Wildman–Crippen MR) is 106 cm³/mol. The van der Waals surface area contributed by atoms with E-state index < -0.39 is 16.1 Å². The summed E-state index contributed by atoms with van der Waals surface area (Å²) in [6.07, 6.45) is 3.23. The molecule has 146 valence electrons. The van der Waals surface area contributed by atoms with Crippen LogP contribution in [0.25, 0.3) is 0 Å². The van der Waals surface area contributed by atoms with Gasteiger partial charge in [-0.05, 0) is 64.0 Å². The maximum atomic E-state index is 12.9. The molecule has 1 N–H and O–H groups in total. The number of nitrogens with zero attached hydrogens (tertiary/aromatic N) is 2. The molecule has 1 aliphatic rings. The largest absolute Gasteiger partial charge is 0.351 e. The highest BCUT2D eigenvalue weighted by Crippen LogP contribution is 2.27. The molecule has 0 aromatic heterocycles. The van der Waals surface area contributed by atoms with E-state index in [1.54, 1.807) is 18.2 Å². The van der Waals surface area contributed by atoms with Crippen LogP contribution < -0.4 is 9.62 Å². The van der Waals surface area contributed by atoms with Crippen molar-refractivity contribution >= 4 is 33.2 Å². The molecule has 1 fully saturated rings. The number of hydrogen-bond donors (Lipinski definition) is 1. The minimum Gasteiger partial charge on any atom is -0.351 e. The number of carbonyl (C=O) groups is 1. The van der Waals surface area contributed by atoms with Crippen LogP contribution in [0.3, 0.4) is 0 Å². The predicted octanol–water partition coefficient (Wildman–Crippen LogP) is 2.40. The number of aryl methyl sites for hydroxylation is 1. The second-order valence-electron chi connectivity index (χ2n) is 7.00. The third kappa shape index (κ3) is 5.11. The van der Waals surface area contributed by atoms with Gasteiger partial charge in [-0.1, -0.05) is 24.6 Å². The van der Waals surface area contributed by atoms with Crippen LogP contribution in [0.5, 0.6) is 0 Å². The van der Waals surface area contributed by atoms with Gasteiger partial charge in [0.1, 0.15) is 6.04 Å². The van der Waals surface area contributed by atoms with Gasteiger partial charge in [0.05, 0.1) is 11.9 Å². The van der Waals surface area contributed by atoms with Crippen molar-refractivity contribution in [3.05, 3.63) is 28.8 Å². The molecule has 1 heterocycles. The number of carbonyl (C=O) groups excluding carboxylic acids is 1. The molecule has 1 aromatic rings. The van der Waals surface area contributed by atoms with E-state index in [0.29, 0.717) is 17.1 Å². The lowest BCUT2D eigenvalue weighted by atomic mass is 10.0. The van der Waals surface area contributed by atoms with Crippen LogP contribution in [0.4, 0.5) is 5.69 Å². The Morgan fingerprint density at radius 2 is 2.00 bits per heavy atom. The molecule has 0 spiro atoms. The highest BCUT2D eigenvalue weighted by Gasteiger charge is 2.33. The molecule has 1 atom stereocenters. The SMILES string of the molecule is CC[C@@H](C(=O)NC1CCN(C)CC1)N(c1ccc(C)c(Cl)c1)S(C)(=O)=O. The van der Waals surface area contributed by atoms with Crippen LogP contribution in [-0.2, 0) is 14.8 Å². The number of nitrogens with one attached hydrogen (secondary N) is 1. The number of rotatable bonds is 6. The third-order valence-corrected chi connectivity index (χ3v) is 6.39. The van der Waals surface area contributed by atoms with E-state index in [1.807, 2.05) is 13.8 Å². The fraction of sp³-hybridized carbons (Fsp3) is 0.611. The molecule has 1 saturated heterocycles. The topological polar surface area (TPSA) is 69.7 Å². The molecule has 26 heavy (non-hydrogen) atoms. The monoisotopic (exact) mass is 401 g/mol. The number of piperidine rings is 1. The van der Waals surface area contributed by atoms with Crippen molar-refractivity contribution in [2.24, 2.45) is 0 Å². The van der Waals surface area contributed by atoms with Gasteiger partial charge in [0.15, 0.2) is 0 Å². The van der Waals surface area contributed by atoms with Crippen LogP contribution in [0.15, 0.2) is 18.2 Å².